The lowest BCUT2D eigenvalue weighted by atomic mass is 10.0. The van der Waals surface area contributed by atoms with Crippen LogP contribution in [0.25, 0.3) is 0 Å². The van der Waals surface area contributed by atoms with Crippen molar-refractivity contribution in [2.75, 3.05) is 40.9 Å². The normalized spacial score (nSPS) is 14.8. The van der Waals surface area contributed by atoms with Gasteiger partial charge in [-0.3, -0.25) is 13.8 Å². The molecular formula is C52H96N2O6P+. The van der Waals surface area contributed by atoms with E-state index in [0.717, 1.165) is 64.2 Å². The first-order valence-electron chi connectivity index (χ1n) is 24.8. The monoisotopic (exact) mass is 876 g/mol. The van der Waals surface area contributed by atoms with Crippen LogP contribution in [-0.4, -0.2) is 73.4 Å². The van der Waals surface area contributed by atoms with E-state index < -0.39 is 20.0 Å². The van der Waals surface area contributed by atoms with Crippen molar-refractivity contribution in [2.45, 2.75) is 212 Å². The summed E-state index contributed by atoms with van der Waals surface area (Å²) in [5.41, 5.74) is 0. The third-order valence-corrected chi connectivity index (χ3v) is 11.6. The lowest BCUT2D eigenvalue weighted by Gasteiger charge is -2.25. The molecular weight excluding hydrogens is 780 g/mol. The number of aliphatic hydroxyl groups is 1. The number of carbonyl (C=O) groups excluding carboxylic acids is 1. The Morgan fingerprint density at radius 2 is 0.967 bits per heavy atom. The molecule has 0 heterocycles. The number of phosphoric ester groups is 1. The molecule has 0 bridgehead atoms. The van der Waals surface area contributed by atoms with Gasteiger partial charge in [-0.15, -0.1) is 0 Å². The van der Waals surface area contributed by atoms with E-state index in [1.807, 2.05) is 27.2 Å². The Labute approximate surface area is 376 Å². The van der Waals surface area contributed by atoms with E-state index in [-0.39, 0.29) is 19.1 Å². The summed E-state index contributed by atoms with van der Waals surface area (Å²) in [6.45, 7) is 4.71. The summed E-state index contributed by atoms with van der Waals surface area (Å²) >= 11 is 0. The van der Waals surface area contributed by atoms with Gasteiger partial charge in [-0.1, -0.05) is 189 Å². The standard InChI is InChI=1S/C52H95N2O6P/c1-6-8-10-12-14-16-18-20-21-22-23-24-25-26-27-28-29-30-31-32-33-34-36-38-40-42-44-46-52(56)53-50(49-60-61(57,58)59-48-47-54(3,4)5)51(55)45-43-41-39-37-35-19-17-15-13-11-9-7-2/h13,15,18,20,22-23,25-26,35,37,43,45,50-51,55H,6-12,14,16-17,19,21,24,27-34,36,38-42,44,46-49H2,1-5H3,(H-,53,56,57,58)/p+1/b15-13+,20-18-,23-22-,26-25-,37-35+,45-43+. The second-order valence-electron chi connectivity index (χ2n) is 17.8. The predicted octanol–water partition coefficient (Wildman–Crippen LogP) is 14.4. The maximum Gasteiger partial charge on any atom is 0.472 e. The third kappa shape index (κ3) is 45.8. The molecule has 8 nitrogen and oxygen atoms in total. The molecule has 0 saturated carbocycles. The predicted molar refractivity (Wildman–Crippen MR) is 263 cm³/mol. The zero-order valence-corrected chi connectivity index (χ0v) is 41.0. The number of likely N-dealkylation sites (N-methyl/N-ethyl adjacent to an activating group) is 1. The fraction of sp³-hybridized carbons (Fsp3) is 0.750. The van der Waals surface area contributed by atoms with Crippen LogP contribution < -0.4 is 5.32 Å². The van der Waals surface area contributed by atoms with E-state index in [1.54, 1.807) is 6.08 Å². The van der Waals surface area contributed by atoms with Crippen LogP contribution in [0.5, 0.6) is 0 Å². The number of rotatable bonds is 44. The van der Waals surface area contributed by atoms with Crippen LogP contribution in [0.2, 0.25) is 0 Å². The largest absolute Gasteiger partial charge is 0.472 e. The number of nitrogens with one attached hydrogen (secondary N) is 1. The molecule has 1 amide bonds. The highest BCUT2D eigenvalue weighted by Crippen LogP contribution is 2.43. The van der Waals surface area contributed by atoms with E-state index in [4.69, 9.17) is 9.05 Å². The first-order valence-corrected chi connectivity index (χ1v) is 26.3. The van der Waals surface area contributed by atoms with Gasteiger partial charge >= 0.3 is 7.82 Å². The lowest BCUT2D eigenvalue weighted by molar-refractivity contribution is -0.870. The summed E-state index contributed by atoms with van der Waals surface area (Å²) in [5.74, 6) is -0.197. The Kier molecular flexibility index (Phi) is 41.7. The Hall–Kier alpha value is -2.06. The number of hydrogen-bond acceptors (Lipinski definition) is 5. The van der Waals surface area contributed by atoms with Crippen molar-refractivity contribution in [2.24, 2.45) is 0 Å². The first-order chi connectivity index (χ1) is 29.5. The van der Waals surface area contributed by atoms with Crippen molar-refractivity contribution in [1.82, 2.24) is 5.32 Å². The molecule has 0 aliphatic carbocycles. The molecule has 3 N–H and O–H groups in total. The molecule has 0 aromatic heterocycles. The Morgan fingerprint density at radius 1 is 0.557 bits per heavy atom. The number of carbonyl (C=O) groups is 1. The van der Waals surface area contributed by atoms with Gasteiger partial charge in [0.05, 0.1) is 39.9 Å². The zero-order valence-electron chi connectivity index (χ0n) is 40.1. The quantitative estimate of drug-likeness (QED) is 0.0244. The highest BCUT2D eigenvalue weighted by atomic mass is 31.2. The van der Waals surface area contributed by atoms with E-state index in [0.29, 0.717) is 17.4 Å². The summed E-state index contributed by atoms with van der Waals surface area (Å²) in [4.78, 5) is 23.1. The molecule has 0 aromatic carbocycles. The topological polar surface area (TPSA) is 105 Å². The van der Waals surface area contributed by atoms with Gasteiger partial charge in [0.25, 0.3) is 0 Å². The van der Waals surface area contributed by atoms with Gasteiger partial charge in [-0.2, -0.15) is 0 Å². The number of aliphatic hydroxyl groups excluding tert-OH is 1. The van der Waals surface area contributed by atoms with Crippen molar-refractivity contribution in [3.05, 3.63) is 72.9 Å². The molecule has 61 heavy (non-hydrogen) atoms. The van der Waals surface area contributed by atoms with Crippen LogP contribution in [0.3, 0.4) is 0 Å². The zero-order chi connectivity index (χ0) is 45.0. The molecule has 9 heteroatoms. The minimum absolute atomic E-state index is 0.0502. The van der Waals surface area contributed by atoms with Crippen LogP contribution in [0.1, 0.15) is 200 Å². The summed E-state index contributed by atoms with van der Waals surface area (Å²) in [7, 11) is 1.53. The van der Waals surface area contributed by atoms with Gasteiger partial charge < -0.3 is 19.8 Å². The summed E-state index contributed by atoms with van der Waals surface area (Å²) in [5, 5.41) is 13.8. The SMILES string of the molecule is CCCC/C=C/CC/C=C/CC/C=C/C(O)C(COP(=O)(O)OCC[N+](C)(C)C)NC(=O)CCCCCCCCCCCCCC/C=C\C/C=C\C/C=C\CCCCCCC. The van der Waals surface area contributed by atoms with Crippen molar-refractivity contribution in [1.29, 1.82) is 0 Å². The molecule has 0 fully saturated rings. The minimum atomic E-state index is -4.35. The maximum absolute atomic E-state index is 12.9. The maximum atomic E-state index is 12.9. The number of amides is 1. The number of allylic oxidation sites excluding steroid dienone is 11. The molecule has 3 unspecified atom stereocenters. The Morgan fingerprint density at radius 3 is 1.48 bits per heavy atom. The van der Waals surface area contributed by atoms with Gasteiger partial charge in [0.2, 0.25) is 5.91 Å². The average Bonchev–Trinajstić information content (AvgIpc) is 3.21. The average molecular weight is 876 g/mol. The van der Waals surface area contributed by atoms with Crippen LogP contribution in [0, 0.1) is 0 Å². The first kappa shape index (κ1) is 58.9. The second-order valence-corrected chi connectivity index (χ2v) is 19.3. The lowest BCUT2D eigenvalue weighted by Crippen LogP contribution is -2.45. The van der Waals surface area contributed by atoms with Gasteiger partial charge in [0, 0.05) is 6.42 Å². The molecule has 0 rings (SSSR count). The van der Waals surface area contributed by atoms with Crippen molar-refractivity contribution in [3.8, 4) is 0 Å². The van der Waals surface area contributed by atoms with Crippen LogP contribution >= 0.6 is 7.82 Å². The molecule has 0 saturated heterocycles. The third-order valence-electron chi connectivity index (χ3n) is 10.6. The number of hydrogen-bond donors (Lipinski definition) is 3. The van der Waals surface area contributed by atoms with E-state index in [9.17, 15) is 19.4 Å². The molecule has 3 atom stereocenters. The van der Waals surface area contributed by atoms with Gasteiger partial charge in [-0.05, 0) is 77.0 Å². The molecule has 0 aliphatic rings. The number of phosphoric acid groups is 1. The molecule has 0 spiro atoms. The molecule has 354 valence electrons. The van der Waals surface area contributed by atoms with Crippen LogP contribution in [0.4, 0.5) is 0 Å². The highest BCUT2D eigenvalue weighted by Gasteiger charge is 2.27. The van der Waals surface area contributed by atoms with Crippen molar-refractivity contribution >= 4 is 13.7 Å². The fourth-order valence-electron chi connectivity index (χ4n) is 6.65. The van der Waals surface area contributed by atoms with E-state index in [1.165, 1.54) is 116 Å². The second kappa shape index (κ2) is 43.2. The smallest absolute Gasteiger partial charge is 0.387 e. The number of quaternary nitrogens is 1. The van der Waals surface area contributed by atoms with Crippen molar-refractivity contribution in [3.63, 3.8) is 0 Å². The van der Waals surface area contributed by atoms with Crippen LogP contribution in [0.15, 0.2) is 72.9 Å². The van der Waals surface area contributed by atoms with Crippen molar-refractivity contribution < 1.29 is 32.9 Å². The molecule has 0 radical (unpaired) electrons. The fourth-order valence-corrected chi connectivity index (χ4v) is 7.39. The van der Waals surface area contributed by atoms with Gasteiger partial charge in [0.1, 0.15) is 13.2 Å². The summed E-state index contributed by atoms with van der Waals surface area (Å²) in [6, 6.07) is -0.872. The summed E-state index contributed by atoms with van der Waals surface area (Å²) < 4.78 is 23.5. The van der Waals surface area contributed by atoms with Crippen LogP contribution in [-0.2, 0) is 18.4 Å². The number of unbranched alkanes of at least 4 members (excludes halogenated alkanes) is 21. The minimum Gasteiger partial charge on any atom is -0.387 e. The Balaban J connectivity index is 4.23. The molecule has 0 aromatic rings. The van der Waals surface area contributed by atoms with Gasteiger partial charge in [0.15, 0.2) is 0 Å². The highest BCUT2D eigenvalue weighted by molar-refractivity contribution is 7.47. The van der Waals surface area contributed by atoms with Gasteiger partial charge in [-0.25, -0.2) is 4.57 Å². The molecule has 0 aliphatic heterocycles. The number of nitrogens with zero attached hydrogens (tertiary/aromatic N) is 1. The van der Waals surface area contributed by atoms with E-state index in [2.05, 4.69) is 79.9 Å². The summed E-state index contributed by atoms with van der Waals surface area (Å²) in [6.07, 6.45) is 58.5. The Bertz CT molecular complexity index is 1220. The van der Waals surface area contributed by atoms with E-state index >= 15 is 0 Å².